The first-order valence-electron chi connectivity index (χ1n) is 20.3. The van der Waals surface area contributed by atoms with Crippen LogP contribution in [-0.2, 0) is 28.2 Å². The predicted octanol–water partition coefficient (Wildman–Crippen LogP) is 12.1. The Kier molecular flexibility index (Phi) is 35.2. The molecule has 1 unspecified atom stereocenters. The first kappa shape index (κ1) is 47.0. The molecule has 48 heavy (non-hydrogen) atoms. The molecular formula is C39H77O8P. The summed E-state index contributed by atoms with van der Waals surface area (Å²) in [5.74, 6) is -0.882. The van der Waals surface area contributed by atoms with E-state index in [1.807, 2.05) is 0 Å². The second kappa shape index (κ2) is 35.9. The fraction of sp³-hybridized carbons (Fsp3) is 0.949. The summed E-state index contributed by atoms with van der Waals surface area (Å²) in [6.07, 6.45) is 37.3. The Morgan fingerprint density at radius 2 is 0.750 bits per heavy atom. The Bertz CT molecular complexity index is 756. The topological polar surface area (TPSA) is 119 Å². The van der Waals surface area contributed by atoms with Gasteiger partial charge in [0.15, 0.2) is 6.10 Å². The summed E-state index contributed by atoms with van der Waals surface area (Å²) in [6, 6.07) is 0. The summed E-state index contributed by atoms with van der Waals surface area (Å²) in [6.45, 7) is 3.63. The zero-order valence-corrected chi connectivity index (χ0v) is 32.3. The third-order valence-electron chi connectivity index (χ3n) is 9.13. The molecule has 0 aliphatic heterocycles. The Balaban J connectivity index is 3.68. The molecule has 0 aliphatic rings. The standard InChI is InChI=1S/C39H77O8P/c1-3-5-7-9-11-12-13-14-15-16-17-18-19-20-21-22-23-24-25-26-27-28-30-32-34-39(41)47-37(36-46-48(42,43)44)35-45-38(40)33-31-29-10-8-6-4-2/h37H,3-36H2,1-2H3,(H2,42,43,44). The van der Waals surface area contributed by atoms with Crippen LogP contribution in [0.3, 0.4) is 0 Å². The van der Waals surface area contributed by atoms with Crippen LogP contribution in [0.2, 0.25) is 0 Å². The summed E-state index contributed by atoms with van der Waals surface area (Å²) < 4.78 is 26.2. The monoisotopic (exact) mass is 705 g/mol. The van der Waals surface area contributed by atoms with Gasteiger partial charge in [0, 0.05) is 12.8 Å². The van der Waals surface area contributed by atoms with Gasteiger partial charge in [-0.1, -0.05) is 194 Å². The van der Waals surface area contributed by atoms with E-state index < -0.39 is 32.5 Å². The van der Waals surface area contributed by atoms with Gasteiger partial charge in [0.05, 0.1) is 6.61 Å². The second-order valence-corrected chi connectivity index (χ2v) is 15.2. The molecule has 286 valence electrons. The number of phosphoric ester groups is 1. The van der Waals surface area contributed by atoms with E-state index in [1.54, 1.807) is 0 Å². The van der Waals surface area contributed by atoms with Crippen LogP contribution in [0.5, 0.6) is 0 Å². The number of rotatable bonds is 38. The van der Waals surface area contributed by atoms with Crippen LogP contribution in [-0.4, -0.2) is 41.0 Å². The van der Waals surface area contributed by atoms with Crippen molar-refractivity contribution < 1.29 is 37.9 Å². The van der Waals surface area contributed by atoms with Crippen molar-refractivity contribution in [3.05, 3.63) is 0 Å². The number of hydrogen-bond acceptors (Lipinski definition) is 6. The van der Waals surface area contributed by atoms with Crippen LogP contribution in [0.1, 0.15) is 219 Å². The highest BCUT2D eigenvalue weighted by atomic mass is 31.2. The molecule has 0 heterocycles. The zero-order chi connectivity index (χ0) is 35.4. The normalized spacial score (nSPS) is 12.3. The number of unbranched alkanes of at least 4 members (excludes halogenated alkanes) is 28. The molecule has 2 N–H and O–H groups in total. The lowest BCUT2D eigenvalue weighted by molar-refractivity contribution is -0.161. The Morgan fingerprint density at radius 1 is 0.458 bits per heavy atom. The van der Waals surface area contributed by atoms with Gasteiger partial charge in [0.25, 0.3) is 0 Å². The highest BCUT2D eigenvalue weighted by molar-refractivity contribution is 7.46. The molecule has 0 spiro atoms. The van der Waals surface area contributed by atoms with Gasteiger partial charge in [-0.25, -0.2) is 4.57 Å². The lowest BCUT2D eigenvalue weighted by atomic mass is 10.0. The van der Waals surface area contributed by atoms with E-state index >= 15 is 0 Å². The number of phosphoric acid groups is 1. The smallest absolute Gasteiger partial charge is 0.462 e. The SMILES string of the molecule is CCCCCCCCCCCCCCCCCCCCCCCCCCC(=O)OC(COC(=O)CCCCCCCC)COP(=O)(O)O. The summed E-state index contributed by atoms with van der Waals surface area (Å²) in [5.41, 5.74) is 0. The number of esters is 2. The van der Waals surface area contributed by atoms with Gasteiger partial charge in [0.2, 0.25) is 0 Å². The minimum atomic E-state index is -4.73. The van der Waals surface area contributed by atoms with Gasteiger partial charge in [-0.05, 0) is 12.8 Å². The molecule has 0 fully saturated rings. The van der Waals surface area contributed by atoms with Crippen molar-refractivity contribution in [2.45, 2.75) is 225 Å². The summed E-state index contributed by atoms with van der Waals surface area (Å²) >= 11 is 0. The number of ether oxygens (including phenoxy) is 2. The van der Waals surface area contributed by atoms with Crippen LogP contribution in [0.4, 0.5) is 0 Å². The molecule has 8 nitrogen and oxygen atoms in total. The van der Waals surface area contributed by atoms with Gasteiger partial charge >= 0.3 is 19.8 Å². The van der Waals surface area contributed by atoms with E-state index in [-0.39, 0.29) is 19.4 Å². The molecule has 0 rings (SSSR count). The van der Waals surface area contributed by atoms with E-state index in [4.69, 9.17) is 19.3 Å². The van der Waals surface area contributed by atoms with E-state index in [2.05, 4.69) is 18.4 Å². The van der Waals surface area contributed by atoms with E-state index in [9.17, 15) is 14.2 Å². The van der Waals surface area contributed by atoms with Gasteiger partial charge in [-0.3, -0.25) is 14.1 Å². The van der Waals surface area contributed by atoms with Crippen LogP contribution in [0.15, 0.2) is 0 Å². The molecule has 0 amide bonds. The molecule has 0 saturated heterocycles. The van der Waals surface area contributed by atoms with E-state index in [0.29, 0.717) is 6.42 Å². The van der Waals surface area contributed by atoms with Crippen molar-refractivity contribution in [2.75, 3.05) is 13.2 Å². The third kappa shape index (κ3) is 37.9. The average Bonchev–Trinajstić information content (AvgIpc) is 3.05. The maximum Gasteiger partial charge on any atom is 0.469 e. The average molecular weight is 705 g/mol. The third-order valence-corrected chi connectivity index (χ3v) is 9.61. The lowest BCUT2D eigenvalue weighted by Crippen LogP contribution is -2.29. The summed E-state index contributed by atoms with van der Waals surface area (Å²) in [7, 11) is -4.73. The fourth-order valence-electron chi connectivity index (χ4n) is 6.08. The second-order valence-electron chi connectivity index (χ2n) is 14.0. The number of carbonyl (C=O) groups is 2. The first-order chi connectivity index (χ1) is 23.3. The Morgan fingerprint density at radius 3 is 1.06 bits per heavy atom. The predicted molar refractivity (Wildman–Crippen MR) is 198 cm³/mol. The molecule has 0 bridgehead atoms. The molecule has 9 heteroatoms. The molecule has 1 atom stereocenters. The minimum absolute atomic E-state index is 0.220. The van der Waals surface area contributed by atoms with E-state index in [0.717, 1.165) is 38.5 Å². The van der Waals surface area contributed by atoms with E-state index in [1.165, 1.54) is 148 Å². The van der Waals surface area contributed by atoms with Crippen LogP contribution < -0.4 is 0 Å². The van der Waals surface area contributed by atoms with Crippen LogP contribution in [0, 0.1) is 0 Å². The van der Waals surface area contributed by atoms with Gasteiger partial charge in [-0.15, -0.1) is 0 Å². The van der Waals surface area contributed by atoms with Crippen molar-refractivity contribution in [3.63, 3.8) is 0 Å². The quantitative estimate of drug-likeness (QED) is 0.0370. The Hall–Kier alpha value is -0.950. The molecule has 0 saturated carbocycles. The van der Waals surface area contributed by atoms with Crippen molar-refractivity contribution in [1.29, 1.82) is 0 Å². The van der Waals surface area contributed by atoms with Crippen molar-refractivity contribution in [3.8, 4) is 0 Å². The van der Waals surface area contributed by atoms with Crippen LogP contribution >= 0.6 is 7.82 Å². The fourth-order valence-corrected chi connectivity index (χ4v) is 6.44. The molecule has 0 aromatic heterocycles. The maximum atomic E-state index is 12.3. The molecular weight excluding hydrogens is 627 g/mol. The van der Waals surface area contributed by atoms with Gasteiger partial charge in [0.1, 0.15) is 6.61 Å². The van der Waals surface area contributed by atoms with Crippen molar-refractivity contribution in [1.82, 2.24) is 0 Å². The van der Waals surface area contributed by atoms with Gasteiger partial charge < -0.3 is 19.3 Å². The largest absolute Gasteiger partial charge is 0.469 e. The maximum absolute atomic E-state index is 12.3. The van der Waals surface area contributed by atoms with Crippen molar-refractivity contribution in [2.24, 2.45) is 0 Å². The summed E-state index contributed by atoms with van der Waals surface area (Å²) in [5, 5.41) is 0. The highest BCUT2D eigenvalue weighted by Gasteiger charge is 2.22. The van der Waals surface area contributed by atoms with Gasteiger partial charge in [-0.2, -0.15) is 0 Å². The summed E-state index contributed by atoms with van der Waals surface area (Å²) in [4.78, 5) is 42.4. The highest BCUT2D eigenvalue weighted by Crippen LogP contribution is 2.36. The number of carbonyl (C=O) groups excluding carboxylic acids is 2. The zero-order valence-electron chi connectivity index (χ0n) is 31.4. The van der Waals surface area contributed by atoms with Crippen molar-refractivity contribution >= 4 is 19.8 Å². The minimum Gasteiger partial charge on any atom is -0.462 e. The molecule has 0 aromatic rings. The van der Waals surface area contributed by atoms with Crippen LogP contribution in [0.25, 0.3) is 0 Å². The lowest BCUT2D eigenvalue weighted by Gasteiger charge is -2.18. The number of hydrogen-bond donors (Lipinski definition) is 2. The Labute approximate surface area is 295 Å². The molecule has 0 aliphatic carbocycles. The molecule has 0 aromatic carbocycles. The first-order valence-corrected chi connectivity index (χ1v) is 21.9. The molecule has 0 radical (unpaired) electrons.